The van der Waals surface area contributed by atoms with Gasteiger partial charge >= 0.3 is 0 Å². The van der Waals surface area contributed by atoms with Gasteiger partial charge in [-0.1, -0.05) is 60.7 Å². The Hall–Kier alpha value is -3.66. The lowest BCUT2D eigenvalue weighted by Crippen LogP contribution is -2.21. The van der Waals surface area contributed by atoms with E-state index in [1.807, 2.05) is 88.4 Å². The van der Waals surface area contributed by atoms with Gasteiger partial charge in [0.1, 0.15) is 11.3 Å². The Bertz CT molecular complexity index is 1200. The molecule has 0 bridgehead atoms. The van der Waals surface area contributed by atoms with E-state index in [9.17, 15) is 9.90 Å². The highest BCUT2D eigenvalue weighted by atomic mass is 16.3. The second-order valence-corrected chi connectivity index (χ2v) is 7.69. The first kappa shape index (κ1) is 19.6. The number of aliphatic imine (C=N–C) groups is 1. The van der Waals surface area contributed by atoms with Gasteiger partial charge in [0, 0.05) is 16.8 Å². The number of rotatable bonds is 3. The van der Waals surface area contributed by atoms with Crippen LogP contribution in [-0.4, -0.2) is 16.7 Å². The summed E-state index contributed by atoms with van der Waals surface area (Å²) < 4.78 is 0. The minimum atomic E-state index is -0.369. The van der Waals surface area contributed by atoms with Gasteiger partial charge in [0.05, 0.1) is 11.4 Å². The molecule has 0 aliphatic heterocycles. The van der Waals surface area contributed by atoms with Gasteiger partial charge in [0.15, 0.2) is 0 Å². The summed E-state index contributed by atoms with van der Waals surface area (Å²) in [6.07, 6.45) is 0. The van der Waals surface area contributed by atoms with E-state index in [2.05, 4.69) is 5.32 Å². The van der Waals surface area contributed by atoms with Crippen molar-refractivity contribution in [1.29, 1.82) is 0 Å². The number of anilines is 1. The van der Waals surface area contributed by atoms with E-state index in [0.29, 0.717) is 11.3 Å². The van der Waals surface area contributed by atoms with Crippen molar-refractivity contribution < 1.29 is 9.90 Å². The van der Waals surface area contributed by atoms with Crippen molar-refractivity contribution in [3.63, 3.8) is 0 Å². The third kappa shape index (κ3) is 3.30. The highest BCUT2D eigenvalue weighted by Gasteiger charge is 2.33. The average Bonchev–Trinajstić information content (AvgIpc) is 3.00. The van der Waals surface area contributed by atoms with Crippen molar-refractivity contribution in [2.45, 2.75) is 27.7 Å². The average molecular weight is 396 g/mol. The van der Waals surface area contributed by atoms with Crippen LogP contribution >= 0.6 is 0 Å². The number of hydrogen-bond donors (Lipinski definition) is 2. The largest absolute Gasteiger partial charge is 0.506 e. The molecule has 1 aliphatic carbocycles. The van der Waals surface area contributed by atoms with Gasteiger partial charge in [-0.15, -0.1) is 0 Å². The van der Waals surface area contributed by atoms with E-state index in [0.717, 1.165) is 39.2 Å². The van der Waals surface area contributed by atoms with Gasteiger partial charge < -0.3 is 10.4 Å². The molecule has 0 atom stereocenters. The quantitative estimate of drug-likeness (QED) is 0.573. The SMILES string of the molecule is Cc1cccc(C)c1N=C1C(C(=O)Nc2c(C)cccc2C)=C(O)c2ccccc21. The molecule has 3 aromatic carbocycles. The molecule has 4 heteroatoms. The number of aryl methyl sites for hydroxylation is 4. The number of hydrogen-bond acceptors (Lipinski definition) is 3. The lowest BCUT2D eigenvalue weighted by atomic mass is 10.0. The third-order valence-corrected chi connectivity index (χ3v) is 5.52. The maximum Gasteiger partial charge on any atom is 0.261 e. The minimum Gasteiger partial charge on any atom is -0.506 e. The molecule has 0 saturated carbocycles. The summed E-state index contributed by atoms with van der Waals surface area (Å²) in [6.45, 7) is 7.89. The molecule has 0 heterocycles. The van der Waals surface area contributed by atoms with Crippen LogP contribution in [0.4, 0.5) is 11.4 Å². The molecule has 0 fully saturated rings. The summed E-state index contributed by atoms with van der Waals surface area (Å²) in [5, 5.41) is 13.9. The molecule has 3 aromatic rings. The first-order valence-corrected chi connectivity index (χ1v) is 9.94. The van der Waals surface area contributed by atoms with Crippen molar-refractivity contribution in [2.24, 2.45) is 4.99 Å². The van der Waals surface area contributed by atoms with E-state index >= 15 is 0 Å². The molecule has 1 aliphatic rings. The first-order valence-electron chi connectivity index (χ1n) is 9.94. The standard InChI is InChI=1S/C26H24N2O2/c1-15-9-7-10-16(2)22(15)27-24-19-13-5-6-14-20(19)25(29)21(24)26(30)28-23-17(3)11-8-12-18(23)4/h5-14,29H,1-4H3,(H,28,30). The summed E-state index contributed by atoms with van der Waals surface area (Å²) in [5.74, 6) is -0.412. The van der Waals surface area contributed by atoms with Crippen LogP contribution in [0.25, 0.3) is 5.76 Å². The number of carbonyl (C=O) groups excluding carboxylic acids is 1. The van der Waals surface area contributed by atoms with Crippen LogP contribution < -0.4 is 5.32 Å². The maximum atomic E-state index is 13.4. The molecule has 4 nitrogen and oxygen atoms in total. The first-order chi connectivity index (χ1) is 14.4. The Morgan fingerprint density at radius 3 is 1.90 bits per heavy atom. The number of aliphatic hydroxyl groups is 1. The number of amides is 1. The van der Waals surface area contributed by atoms with E-state index in [1.54, 1.807) is 0 Å². The Morgan fingerprint density at radius 2 is 1.30 bits per heavy atom. The van der Waals surface area contributed by atoms with Crippen molar-refractivity contribution in [3.05, 3.63) is 99.6 Å². The molecule has 2 N–H and O–H groups in total. The molecule has 0 unspecified atom stereocenters. The molecular weight excluding hydrogens is 372 g/mol. The lowest BCUT2D eigenvalue weighted by Gasteiger charge is -2.13. The molecule has 0 radical (unpaired) electrons. The third-order valence-electron chi connectivity index (χ3n) is 5.52. The topological polar surface area (TPSA) is 61.7 Å². The number of fused-ring (bicyclic) bond motifs is 1. The highest BCUT2D eigenvalue weighted by Crippen LogP contribution is 2.35. The Labute approximate surface area is 176 Å². The highest BCUT2D eigenvalue weighted by molar-refractivity contribution is 6.38. The van der Waals surface area contributed by atoms with Crippen LogP contribution in [0.2, 0.25) is 0 Å². The second kappa shape index (κ2) is 7.64. The lowest BCUT2D eigenvalue weighted by molar-refractivity contribution is -0.112. The summed E-state index contributed by atoms with van der Waals surface area (Å²) in [4.78, 5) is 18.2. The van der Waals surface area contributed by atoms with Crippen LogP contribution in [0.3, 0.4) is 0 Å². The second-order valence-electron chi connectivity index (χ2n) is 7.69. The molecule has 0 saturated heterocycles. The number of nitrogens with one attached hydrogen (secondary N) is 1. The Kier molecular flexibility index (Phi) is 5.00. The van der Waals surface area contributed by atoms with Crippen LogP contribution in [0, 0.1) is 27.7 Å². The number of nitrogens with zero attached hydrogens (tertiary/aromatic N) is 1. The van der Waals surface area contributed by atoms with Crippen LogP contribution in [0.5, 0.6) is 0 Å². The minimum absolute atomic E-state index is 0.0423. The van der Waals surface area contributed by atoms with Crippen molar-refractivity contribution in [1.82, 2.24) is 0 Å². The fourth-order valence-electron chi connectivity index (χ4n) is 3.89. The fourth-order valence-corrected chi connectivity index (χ4v) is 3.89. The summed E-state index contributed by atoms with van der Waals surface area (Å²) in [6, 6.07) is 19.3. The fraction of sp³-hybridized carbons (Fsp3) is 0.154. The number of carbonyl (C=O) groups is 1. The van der Waals surface area contributed by atoms with E-state index in [-0.39, 0.29) is 17.2 Å². The van der Waals surface area contributed by atoms with Gasteiger partial charge in [-0.2, -0.15) is 0 Å². The van der Waals surface area contributed by atoms with Gasteiger partial charge in [-0.25, -0.2) is 4.99 Å². The van der Waals surface area contributed by atoms with Gasteiger partial charge in [0.2, 0.25) is 0 Å². The summed E-state index contributed by atoms with van der Waals surface area (Å²) >= 11 is 0. The van der Waals surface area contributed by atoms with E-state index in [1.165, 1.54) is 0 Å². The zero-order chi connectivity index (χ0) is 21.4. The zero-order valence-electron chi connectivity index (χ0n) is 17.6. The number of para-hydroxylation sites is 2. The van der Waals surface area contributed by atoms with Crippen molar-refractivity contribution in [3.8, 4) is 0 Å². The maximum absolute atomic E-state index is 13.4. The summed E-state index contributed by atoms with van der Waals surface area (Å²) in [7, 11) is 0. The van der Waals surface area contributed by atoms with Crippen LogP contribution in [-0.2, 0) is 4.79 Å². The predicted molar refractivity (Wildman–Crippen MR) is 123 cm³/mol. The van der Waals surface area contributed by atoms with Gasteiger partial charge in [-0.3, -0.25) is 4.79 Å². The molecule has 0 aromatic heterocycles. The van der Waals surface area contributed by atoms with Crippen LogP contribution in [0.1, 0.15) is 33.4 Å². The van der Waals surface area contributed by atoms with Crippen molar-refractivity contribution in [2.75, 3.05) is 5.32 Å². The van der Waals surface area contributed by atoms with Crippen molar-refractivity contribution >= 4 is 28.8 Å². The molecule has 1 amide bonds. The predicted octanol–water partition coefficient (Wildman–Crippen LogP) is 5.96. The smallest absolute Gasteiger partial charge is 0.261 e. The number of aliphatic hydroxyl groups excluding tert-OH is 1. The van der Waals surface area contributed by atoms with Gasteiger partial charge in [0.25, 0.3) is 5.91 Å². The Morgan fingerprint density at radius 1 is 0.767 bits per heavy atom. The van der Waals surface area contributed by atoms with Gasteiger partial charge in [-0.05, 0) is 49.9 Å². The molecular formula is C26H24N2O2. The zero-order valence-corrected chi connectivity index (χ0v) is 17.6. The van der Waals surface area contributed by atoms with Crippen LogP contribution in [0.15, 0.2) is 71.2 Å². The molecule has 4 rings (SSSR count). The summed E-state index contributed by atoms with van der Waals surface area (Å²) in [5.41, 5.74) is 7.59. The molecule has 30 heavy (non-hydrogen) atoms. The Balaban J connectivity index is 1.86. The normalized spacial score (nSPS) is 14.2. The molecule has 150 valence electrons. The molecule has 0 spiro atoms. The monoisotopic (exact) mass is 396 g/mol. The van der Waals surface area contributed by atoms with E-state index in [4.69, 9.17) is 4.99 Å². The van der Waals surface area contributed by atoms with E-state index < -0.39 is 0 Å². The number of benzene rings is 3.